The second-order valence-electron chi connectivity index (χ2n) is 4.03. The molecule has 2 N–H and O–H groups in total. The smallest absolute Gasteiger partial charge is 0.201 e. The molecule has 0 saturated carbocycles. The maximum atomic E-state index is 13.0. The van der Waals surface area contributed by atoms with Crippen molar-refractivity contribution in [3.05, 3.63) is 41.5 Å². The van der Waals surface area contributed by atoms with Gasteiger partial charge in [-0.2, -0.15) is 0 Å². The summed E-state index contributed by atoms with van der Waals surface area (Å²) in [7, 11) is 0. The van der Waals surface area contributed by atoms with Crippen LogP contribution in [0.4, 0.5) is 10.3 Å². The summed E-state index contributed by atoms with van der Waals surface area (Å²) in [5.74, 6) is 1.06. The Hall–Kier alpha value is -2.37. The predicted octanol–water partition coefficient (Wildman–Crippen LogP) is 2.61. The van der Waals surface area contributed by atoms with E-state index < -0.39 is 0 Å². The number of aromatic nitrogens is 3. The van der Waals surface area contributed by atoms with E-state index in [2.05, 4.69) is 20.4 Å². The number of hydrogen-bond donors (Lipinski definition) is 2. The third-order valence-corrected chi connectivity index (χ3v) is 2.56. The van der Waals surface area contributed by atoms with Crippen molar-refractivity contribution in [3.63, 3.8) is 0 Å². The number of H-pyrrole nitrogens is 1. The van der Waals surface area contributed by atoms with Crippen LogP contribution in [0.15, 0.2) is 28.8 Å². The molecule has 0 bridgehead atoms. The third kappa shape index (κ3) is 2.04. The first-order chi connectivity index (χ1) is 8.70. The molecule has 1 aromatic carbocycles. The standard InChI is InChI=1S/C12H11FN4O/c1-7-4-9(17-18-7)6-14-12-15-10-3-2-8(13)5-11(10)16-12/h2-5H,6H2,1H3,(H2,14,15,16). The number of halogens is 1. The van der Waals surface area contributed by atoms with E-state index in [1.165, 1.54) is 12.1 Å². The van der Waals surface area contributed by atoms with Crippen molar-refractivity contribution < 1.29 is 8.91 Å². The van der Waals surface area contributed by atoms with E-state index in [0.29, 0.717) is 18.0 Å². The highest BCUT2D eigenvalue weighted by Crippen LogP contribution is 2.15. The highest BCUT2D eigenvalue weighted by Gasteiger charge is 2.05. The molecule has 2 heterocycles. The number of rotatable bonds is 3. The first-order valence-corrected chi connectivity index (χ1v) is 5.52. The molecule has 0 atom stereocenters. The fourth-order valence-electron chi connectivity index (χ4n) is 1.74. The van der Waals surface area contributed by atoms with Gasteiger partial charge in [-0.05, 0) is 25.1 Å². The topological polar surface area (TPSA) is 66.7 Å². The second kappa shape index (κ2) is 4.14. The molecular formula is C12H11FN4O. The van der Waals surface area contributed by atoms with Gasteiger partial charge in [0.2, 0.25) is 5.95 Å². The first kappa shape index (κ1) is 10.8. The molecule has 0 amide bonds. The average Bonchev–Trinajstić information content (AvgIpc) is 2.92. The molecule has 3 aromatic rings. The zero-order chi connectivity index (χ0) is 12.5. The lowest BCUT2D eigenvalue weighted by Crippen LogP contribution is -2.00. The minimum Gasteiger partial charge on any atom is -0.361 e. The quantitative estimate of drug-likeness (QED) is 0.745. The molecule has 0 unspecified atom stereocenters. The van der Waals surface area contributed by atoms with Gasteiger partial charge in [-0.3, -0.25) is 0 Å². The number of benzene rings is 1. The largest absolute Gasteiger partial charge is 0.361 e. The maximum absolute atomic E-state index is 13.0. The van der Waals surface area contributed by atoms with Crippen LogP contribution in [-0.2, 0) is 6.54 Å². The van der Waals surface area contributed by atoms with E-state index in [9.17, 15) is 4.39 Å². The molecule has 0 aliphatic carbocycles. The molecule has 5 nitrogen and oxygen atoms in total. The Bertz CT molecular complexity index is 688. The van der Waals surface area contributed by atoms with Crippen LogP contribution in [-0.4, -0.2) is 15.1 Å². The molecule has 0 saturated heterocycles. The molecule has 0 aliphatic rings. The van der Waals surface area contributed by atoms with Crippen molar-refractivity contribution in [2.75, 3.05) is 5.32 Å². The minimum absolute atomic E-state index is 0.287. The fraction of sp³-hybridized carbons (Fsp3) is 0.167. The van der Waals surface area contributed by atoms with Crippen LogP contribution < -0.4 is 5.32 Å². The Kier molecular flexibility index (Phi) is 2.47. The van der Waals surface area contributed by atoms with Crippen LogP contribution in [0.3, 0.4) is 0 Å². The second-order valence-corrected chi connectivity index (χ2v) is 4.03. The summed E-state index contributed by atoms with van der Waals surface area (Å²) >= 11 is 0. The van der Waals surface area contributed by atoms with E-state index in [0.717, 1.165) is 17.0 Å². The molecule has 2 aromatic heterocycles. The van der Waals surface area contributed by atoms with Crippen LogP contribution in [0.1, 0.15) is 11.5 Å². The fourth-order valence-corrected chi connectivity index (χ4v) is 1.74. The number of fused-ring (bicyclic) bond motifs is 1. The normalized spacial score (nSPS) is 11.0. The van der Waals surface area contributed by atoms with E-state index >= 15 is 0 Å². The van der Waals surface area contributed by atoms with Crippen molar-refractivity contribution >= 4 is 17.0 Å². The first-order valence-electron chi connectivity index (χ1n) is 5.52. The lowest BCUT2D eigenvalue weighted by Gasteiger charge is -1.97. The zero-order valence-electron chi connectivity index (χ0n) is 9.70. The van der Waals surface area contributed by atoms with Gasteiger partial charge in [0.05, 0.1) is 17.6 Å². The number of imidazole rings is 1. The molecule has 6 heteroatoms. The molecular weight excluding hydrogens is 235 g/mol. The lowest BCUT2D eigenvalue weighted by molar-refractivity contribution is 0.391. The summed E-state index contributed by atoms with van der Waals surface area (Å²) in [5, 5.41) is 6.93. The molecule has 92 valence electrons. The zero-order valence-corrected chi connectivity index (χ0v) is 9.70. The van der Waals surface area contributed by atoms with Crippen LogP contribution in [0.2, 0.25) is 0 Å². The summed E-state index contributed by atoms with van der Waals surface area (Å²) < 4.78 is 18.0. The van der Waals surface area contributed by atoms with Crippen molar-refractivity contribution in [2.24, 2.45) is 0 Å². The highest BCUT2D eigenvalue weighted by atomic mass is 19.1. The van der Waals surface area contributed by atoms with Gasteiger partial charge < -0.3 is 14.8 Å². The monoisotopic (exact) mass is 246 g/mol. The van der Waals surface area contributed by atoms with Crippen molar-refractivity contribution in [1.82, 2.24) is 15.1 Å². The molecule has 0 aliphatic heterocycles. The van der Waals surface area contributed by atoms with E-state index in [1.807, 2.05) is 13.0 Å². The van der Waals surface area contributed by atoms with Crippen molar-refractivity contribution in [1.29, 1.82) is 0 Å². The number of nitrogens with one attached hydrogen (secondary N) is 2. The molecule has 0 fully saturated rings. The van der Waals surface area contributed by atoms with Crippen LogP contribution in [0.5, 0.6) is 0 Å². The van der Waals surface area contributed by atoms with Gasteiger partial charge in [0.1, 0.15) is 17.3 Å². The van der Waals surface area contributed by atoms with E-state index in [4.69, 9.17) is 4.52 Å². The number of hydrogen-bond acceptors (Lipinski definition) is 4. The predicted molar refractivity (Wildman–Crippen MR) is 64.6 cm³/mol. The van der Waals surface area contributed by atoms with Crippen LogP contribution in [0.25, 0.3) is 11.0 Å². The van der Waals surface area contributed by atoms with Gasteiger partial charge in [0.25, 0.3) is 0 Å². The maximum Gasteiger partial charge on any atom is 0.201 e. The van der Waals surface area contributed by atoms with Gasteiger partial charge in [0.15, 0.2) is 0 Å². The molecule has 18 heavy (non-hydrogen) atoms. The van der Waals surface area contributed by atoms with Crippen LogP contribution >= 0.6 is 0 Å². The number of aryl methyl sites for hydroxylation is 1. The summed E-state index contributed by atoms with van der Waals surface area (Å²) in [6.45, 7) is 2.33. The highest BCUT2D eigenvalue weighted by molar-refractivity contribution is 5.77. The lowest BCUT2D eigenvalue weighted by atomic mass is 10.3. The average molecular weight is 246 g/mol. The number of anilines is 1. The summed E-state index contributed by atoms with van der Waals surface area (Å²) in [6, 6.07) is 6.27. The Morgan fingerprint density at radius 1 is 1.39 bits per heavy atom. The minimum atomic E-state index is -0.287. The Balaban J connectivity index is 1.78. The Morgan fingerprint density at radius 3 is 3.06 bits per heavy atom. The Labute approximate surface area is 102 Å². The molecule has 3 rings (SSSR count). The SMILES string of the molecule is Cc1cc(CNc2nc3ccc(F)cc3[nH]2)no1. The summed E-state index contributed by atoms with van der Waals surface area (Å²) in [4.78, 5) is 7.28. The third-order valence-electron chi connectivity index (χ3n) is 2.56. The van der Waals surface area contributed by atoms with Gasteiger partial charge in [0, 0.05) is 6.07 Å². The van der Waals surface area contributed by atoms with Gasteiger partial charge >= 0.3 is 0 Å². The summed E-state index contributed by atoms with van der Waals surface area (Å²) in [5.41, 5.74) is 2.17. The van der Waals surface area contributed by atoms with Crippen molar-refractivity contribution in [3.8, 4) is 0 Å². The molecule has 0 radical (unpaired) electrons. The number of aromatic amines is 1. The number of nitrogens with zero attached hydrogens (tertiary/aromatic N) is 2. The van der Waals surface area contributed by atoms with Gasteiger partial charge in [-0.25, -0.2) is 9.37 Å². The molecule has 0 spiro atoms. The van der Waals surface area contributed by atoms with Crippen molar-refractivity contribution in [2.45, 2.75) is 13.5 Å². The van der Waals surface area contributed by atoms with E-state index in [1.54, 1.807) is 6.07 Å². The van der Waals surface area contributed by atoms with Crippen LogP contribution in [0, 0.1) is 12.7 Å². The Morgan fingerprint density at radius 2 is 2.28 bits per heavy atom. The van der Waals surface area contributed by atoms with Gasteiger partial charge in [-0.15, -0.1) is 0 Å². The summed E-state index contributed by atoms with van der Waals surface area (Å²) in [6.07, 6.45) is 0. The van der Waals surface area contributed by atoms with Gasteiger partial charge in [-0.1, -0.05) is 5.16 Å². The van der Waals surface area contributed by atoms with E-state index in [-0.39, 0.29) is 5.82 Å².